The first-order valence-electron chi connectivity index (χ1n) is 21.3. The van der Waals surface area contributed by atoms with Crippen molar-refractivity contribution in [2.75, 3.05) is 0 Å². The summed E-state index contributed by atoms with van der Waals surface area (Å²) in [4.78, 5) is 164. The van der Waals surface area contributed by atoms with Gasteiger partial charge in [-0.3, -0.25) is 57.5 Å². The van der Waals surface area contributed by atoms with Crippen LogP contribution in [0, 0.1) is 17.8 Å². The quantitative estimate of drug-likeness (QED) is 0.0310. The molecule has 0 spiro atoms. The van der Waals surface area contributed by atoms with Gasteiger partial charge in [-0.2, -0.15) is 0 Å². The summed E-state index contributed by atoms with van der Waals surface area (Å²) in [6.07, 6.45) is -3.70. The number of hydrogen-bond acceptors (Lipinski definition) is 14. The Morgan fingerprint density at radius 3 is 1.12 bits per heavy atom. The van der Waals surface area contributed by atoms with E-state index in [1.54, 1.807) is 13.8 Å². The summed E-state index contributed by atoms with van der Waals surface area (Å²) >= 11 is 0. The van der Waals surface area contributed by atoms with E-state index in [4.69, 9.17) is 17.2 Å². The van der Waals surface area contributed by atoms with Crippen LogP contribution < -0.4 is 59.7 Å². The summed E-state index contributed by atoms with van der Waals surface area (Å²) in [7, 11) is 0. The van der Waals surface area contributed by atoms with Gasteiger partial charge in [0.15, 0.2) is 0 Å². The van der Waals surface area contributed by atoms with E-state index < -0.39 is 169 Å². The summed E-state index contributed by atoms with van der Waals surface area (Å²) in [5, 5.41) is 46.9. The lowest BCUT2D eigenvalue weighted by molar-refractivity contribution is -0.144. The van der Waals surface area contributed by atoms with Crippen LogP contribution in [0.25, 0.3) is 0 Å². The molecule has 0 aromatic rings. The van der Waals surface area contributed by atoms with Gasteiger partial charge in [-0.1, -0.05) is 41.5 Å². The van der Waals surface area contributed by atoms with Gasteiger partial charge < -0.3 is 75.1 Å². The molecule has 0 aromatic carbocycles. The molecule has 67 heavy (non-hydrogen) atoms. The zero-order chi connectivity index (χ0) is 52.0. The average molecular weight is 958 g/mol. The maximum Gasteiger partial charge on any atom is 0.326 e. The highest BCUT2D eigenvalue weighted by molar-refractivity contribution is 5.99. The smallest absolute Gasteiger partial charge is 0.326 e. The van der Waals surface area contributed by atoms with Gasteiger partial charge in [0.25, 0.3) is 0 Å². The standard InChI is InChI=1S/C40H67N11O16/c1-16(2)13-25(40(66)67)49-36(62)23(14-28(54)55)48-38(64)30(17(3)4)51-39(65)31(18(5)6)50-37(63)24(15-29(56)57)47-35(61)22(10-12-27(43)53)46-33(59)20(8)44-34(60)21(9-11-26(42)52)45-32(58)19(7)41/h16-25,30-31H,9-15,41H2,1-8H3,(H2,42,52)(H2,43,53)(H,44,60)(H,45,58)(H,46,59)(H,47,61)(H,48,64)(H,49,62)(H,50,63)(H,51,65)(H,54,55)(H,56,57)(H,66,67)/t19-,20-,21-,22-,23-,24-,25-,30-,31-/m0/s1. The van der Waals surface area contributed by atoms with Gasteiger partial charge >= 0.3 is 17.9 Å². The Bertz CT molecular complexity index is 1840. The number of carboxylic acids is 3. The van der Waals surface area contributed by atoms with E-state index in [0.29, 0.717) is 0 Å². The Morgan fingerprint density at radius 1 is 0.418 bits per heavy atom. The first kappa shape index (κ1) is 60.1. The monoisotopic (exact) mass is 957 g/mol. The molecule has 0 fully saturated rings. The van der Waals surface area contributed by atoms with Crippen LogP contribution in [0.15, 0.2) is 0 Å². The molecule has 0 aromatic heterocycles. The molecule has 0 aliphatic heterocycles. The number of carbonyl (C=O) groups is 13. The van der Waals surface area contributed by atoms with Gasteiger partial charge in [-0.25, -0.2) is 4.79 Å². The summed E-state index contributed by atoms with van der Waals surface area (Å²) < 4.78 is 0. The van der Waals surface area contributed by atoms with Crippen molar-refractivity contribution in [3.05, 3.63) is 0 Å². The van der Waals surface area contributed by atoms with Gasteiger partial charge in [0, 0.05) is 12.8 Å². The molecule has 0 aliphatic carbocycles. The van der Waals surface area contributed by atoms with Crippen molar-refractivity contribution in [2.24, 2.45) is 35.0 Å². The van der Waals surface area contributed by atoms with Crippen LogP contribution in [-0.2, 0) is 62.3 Å². The summed E-state index contributed by atoms with van der Waals surface area (Å²) in [6.45, 7) is 11.8. The Labute approximate surface area is 386 Å². The third-order valence-corrected chi connectivity index (χ3v) is 9.63. The lowest BCUT2D eigenvalue weighted by atomic mass is 9.98. The Morgan fingerprint density at radius 2 is 0.746 bits per heavy atom. The molecule has 0 radical (unpaired) electrons. The number of carboxylic acid groups (broad SMARTS) is 3. The second kappa shape index (κ2) is 28.9. The van der Waals surface area contributed by atoms with Gasteiger partial charge in [0.05, 0.1) is 18.9 Å². The zero-order valence-corrected chi connectivity index (χ0v) is 38.8. The fourth-order valence-electron chi connectivity index (χ4n) is 5.92. The van der Waals surface area contributed by atoms with Crippen molar-refractivity contribution in [1.29, 1.82) is 0 Å². The highest BCUT2D eigenvalue weighted by Crippen LogP contribution is 2.11. The predicted molar refractivity (Wildman–Crippen MR) is 233 cm³/mol. The SMILES string of the molecule is CC(C)C[C@H](NC(=O)[C@H](CC(=O)O)NC(=O)[C@@H](NC(=O)[C@@H](NC(=O)[C@H](CC(=O)O)NC(=O)[C@H](CCC(N)=O)NC(=O)[C@H](C)NC(=O)[C@H](CCC(N)=O)NC(=O)[C@H](C)N)C(C)C)C(C)C)C(=O)O. The number of amides is 10. The summed E-state index contributed by atoms with van der Waals surface area (Å²) in [6, 6.07) is -13.8. The second-order valence-electron chi connectivity index (χ2n) is 17.0. The first-order chi connectivity index (χ1) is 30.9. The molecule has 0 saturated heterocycles. The van der Waals surface area contributed by atoms with Crippen LogP contribution in [0.5, 0.6) is 0 Å². The maximum absolute atomic E-state index is 13.7. The molecule has 378 valence electrons. The molecule has 0 saturated carbocycles. The van der Waals surface area contributed by atoms with Gasteiger partial charge in [-0.05, 0) is 50.9 Å². The average Bonchev–Trinajstić information content (AvgIpc) is 3.19. The maximum atomic E-state index is 13.7. The molecule has 0 bridgehead atoms. The number of aliphatic carboxylic acids is 3. The van der Waals surface area contributed by atoms with E-state index in [1.807, 2.05) is 0 Å². The number of rotatable bonds is 31. The molecule has 17 N–H and O–H groups in total. The van der Waals surface area contributed by atoms with Crippen LogP contribution in [0.4, 0.5) is 0 Å². The van der Waals surface area contributed by atoms with Crippen molar-refractivity contribution in [3.63, 3.8) is 0 Å². The van der Waals surface area contributed by atoms with E-state index in [0.717, 1.165) is 0 Å². The minimum Gasteiger partial charge on any atom is -0.481 e. The zero-order valence-electron chi connectivity index (χ0n) is 38.8. The minimum atomic E-state index is -1.95. The molecule has 10 amide bonds. The van der Waals surface area contributed by atoms with E-state index in [2.05, 4.69) is 42.5 Å². The van der Waals surface area contributed by atoms with Crippen molar-refractivity contribution in [2.45, 2.75) is 155 Å². The largest absolute Gasteiger partial charge is 0.481 e. The molecule has 0 rings (SSSR count). The third-order valence-electron chi connectivity index (χ3n) is 9.63. The fourth-order valence-corrected chi connectivity index (χ4v) is 5.92. The molecule has 27 nitrogen and oxygen atoms in total. The highest BCUT2D eigenvalue weighted by Gasteiger charge is 2.37. The number of nitrogens with two attached hydrogens (primary N) is 3. The Hall–Kier alpha value is -6.93. The van der Waals surface area contributed by atoms with Gasteiger partial charge in [-0.15, -0.1) is 0 Å². The lowest BCUT2D eigenvalue weighted by Crippen LogP contribution is -2.62. The lowest BCUT2D eigenvalue weighted by Gasteiger charge is -2.29. The van der Waals surface area contributed by atoms with Crippen LogP contribution in [0.3, 0.4) is 0 Å². The normalized spacial score (nSPS) is 15.1. The van der Waals surface area contributed by atoms with Crippen molar-refractivity contribution < 1.29 is 77.6 Å². The molecular formula is C40H67N11O16. The van der Waals surface area contributed by atoms with Crippen molar-refractivity contribution >= 4 is 77.0 Å². The minimum absolute atomic E-state index is 0.0196. The number of primary amides is 2. The van der Waals surface area contributed by atoms with Crippen LogP contribution in [-0.4, -0.2) is 147 Å². The van der Waals surface area contributed by atoms with Crippen molar-refractivity contribution in [3.8, 4) is 0 Å². The fraction of sp³-hybridized carbons (Fsp3) is 0.675. The predicted octanol–water partition coefficient (Wildman–Crippen LogP) is -4.85. The molecular weight excluding hydrogens is 891 g/mol. The van der Waals surface area contributed by atoms with Crippen LogP contribution in [0.2, 0.25) is 0 Å². The van der Waals surface area contributed by atoms with Crippen LogP contribution >= 0.6 is 0 Å². The topological polar surface area (TPSA) is 457 Å². The van der Waals surface area contributed by atoms with Crippen LogP contribution in [0.1, 0.15) is 100 Å². The number of hydrogen-bond donors (Lipinski definition) is 14. The van der Waals surface area contributed by atoms with E-state index in [-0.39, 0.29) is 25.2 Å². The van der Waals surface area contributed by atoms with E-state index in [1.165, 1.54) is 41.5 Å². The third kappa shape index (κ3) is 23.2. The highest BCUT2D eigenvalue weighted by atomic mass is 16.4. The van der Waals surface area contributed by atoms with E-state index in [9.17, 15) is 77.6 Å². The van der Waals surface area contributed by atoms with Crippen molar-refractivity contribution in [1.82, 2.24) is 42.5 Å². The second-order valence-corrected chi connectivity index (χ2v) is 17.0. The number of nitrogens with one attached hydrogen (secondary N) is 8. The summed E-state index contributed by atoms with van der Waals surface area (Å²) in [5.74, 6) is -16.4. The van der Waals surface area contributed by atoms with E-state index >= 15 is 0 Å². The molecule has 0 unspecified atom stereocenters. The molecule has 27 heteroatoms. The molecule has 0 heterocycles. The first-order valence-corrected chi connectivity index (χ1v) is 21.3. The number of carbonyl (C=O) groups excluding carboxylic acids is 10. The Balaban J connectivity index is 6.38. The van der Waals surface area contributed by atoms with Gasteiger partial charge in [0.1, 0.15) is 48.3 Å². The van der Waals surface area contributed by atoms with Gasteiger partial charge in [0.2, 0.25) is 59.1 Å². The molecule has 9 atom stereocenters. The Kier molecular flexibility index (Phi) is 25.9. The summed E-state index contributed by atoms with van der Waals surface area (Å²) in [5.41, 5.74) is 16.0. The molecule has 0 aliphatic rings.